The summed E-state index contributed by atoms with van der Waals surface area (Å²) >= 11 is 7.70. The molecule has 0 aliphatic rings. The number of halogens is 1. The topological polar surface area (TPSA) is 72.5 Å². The normalized spacial score (nSPS) is 11.3. The smallest absolute Gasteiger partial charge is 0.548 e. The average molecular weight is 579 g/mol. The van der Waals surface area contributed by atoms with E-state index in [0.717, 1.165) is 27.9 Å². The molecule has 206 valence electrons. The van der Waals surface area contributed by atoms with E-state index in [1.807, 2.05) is 92.0 Å². The molecule has 0 aliphatic heterocycles. The fraction of sp³-hybridized carbons (Fsp3) is 0.212. The second-order valence-corrected chi connectivity index (χ2v) is 11.1. The average Bonchev–Trinajstić information content (AvgIpc) is 2.96. The van der Waals surface area contributed by atoms with Crippen molar-refractivity contribution in [2.45, 2.75) is 32.5 Å². The standard InChI is InChI=1S/C33H33ClN2O3S.Li/c1-23-8-6-7-11-28(23)30-20-25(12-17-29(30)32(37)35-31(33(38)39)18-19-40-2)22-36(21-24-9-4-3-5-10-24)27-15-13-26(34)14-16-27;/h3-17,20,31H,18-19,21-22H2,1-2H3,(H,35,37)(H,38,39);/q;+1/p-1/t31-;/m0./s1. The molecule has 5 nitrogen and oxygen atoms in total. The fourth-order valence-corrected chi connectivity index (χ4v) is 5.22. The van der Waals surface area contributed by atoms with Crippen LogP contribution >= 0.6 is 23.4 Å². The summed E-state index contributed by atoms with van der Waals surface area (Å²) < 4.78 is 0. The Morgan fingerprint density at radius 3 is 2.20 bits per heavy atom. The Balaban J connectivity index is 0.00000462. The van der Waals surface area contributed by atoms with Crippen molar-refractivity contribution in [1.29, 1.82) is 0 Å². The van der Waals surface area contributed by atoms with E-state index in [1.165, 1.54) is 17.3 Å². The number of aryl methyl sites for hydroxylation is 1. The number of anilines is 1. The summed E-state index contributed by atoms with van der Waals surface area (Å²) in [6.07, 6.45) is 2.19. The van der Waals surface area contributed by atoms with Gasteiger partial charge in [-0.3, -0.25) is 4.79 Å². The van der Waals surface area contributed by atoms with Gasteiger partial charge in [0.15, 0.2) is 0 Å². The molecule has 0 fully saturated rings. The molecule has 1 atom stereocenters. The Bertz CT molecular complexity index is 1450. The Morgan fingerprint density at radius 1 is 0.878 bits per heavy atom. The Morgan fingerprint density at radius 2 is 1.54 bits per heavy atom. The molecule has 0 unspecified atom stereocenters. The summed E-state index contributed by atoms with van der Waals surface area (Å²) in [6.45, 7) is 3.28. The SMILES string of the molecule is CSCC[C@H](NC(=O)c1ccc(CN(Cc2ccccc2)c2ccc(Cl)cc2)cc1-c1ccccc1C)C(=O)[O-].[Li+]. The van der Waals surface area contributed by atoms with Crippen molar-refractivity contribution in [3.05, 3.63) is 124 Å². The van der Waals surface area contributed by atoms with Crippen LogP contribution in [0.15, 0.2) is 97.1 Å². The predicted octanol–water partition coefficient (Wildman–Crippen LogP) is 3.13. The van der Waals surface area contributed by atoms with E-state index in [2.05, 4.69) is 22.3 Å². The van der Waals surface area contributed by atoms with Crippen LogP contribution in [-0.2, 0) is 17.9 Å². The number of rotatable bonds is 12. The summed E-state index contributed by atoms with van der Waals surface area (Å²) in [5, 5.41) is 15.1. The van der Waals surface area contributed by atoms with Gasteiger partial charge in [-0.25, -0.2) is 0 Å². The van der Waals surface area contributed by atoms with Crippen LogP contribution in [0.25, 0.3) is 11.1 Å². The molecule has 4 aromatic rings. The van der Waals surface area contributed by atoms with Gasteiger partial charge in [0, 0.05) is 29.4 Å². The first-order valence-electron chi connectivity index (χ1n) is 13.1. The van der Waals surface area contributed by atoms with Gasteiger partial charge in [-0.05, 0) is 89.6 Å². The minimum atomic E-state index is -1.28. The first-order chi connectivity index (χ1) is 19.4. The second-order valence-electron chi connectivity index (χ2n) is 9.64. The van der Waals surface area contributed by atoms with Crippen LogP contribution in [0.4, 0.5) is 5.69 Å². The van der Waals surface area contributed by atoms with Gasteiger partial charge >= 0.3 is 18.9 Å². The van der Waals surface area contributed by atoms with Crippen molar-refractivity contribution in [2.24, 2.45) is 0 Å². The zero-order valence-electron chi connectivity index (χ0n) is 23.6. The molecule has 8 heteroatoms. The van der Waals surface area contributed by atoms with E-state index in [0.29, 0.717) is 35.8 Å². The summed E-state index contributed by atoms with van der Waals surface area (Å²) in [7, 11) is 0. The van der Waals surface area contributed by atoms with Crippen LogP contribution < -0.4 is 34.2 Å². The van der Waals surface area contributed by atoms with Gasteiger partial charge in [-0.1, -0.05) is 72.3 Å². The summed E-state index contributed by atoms with van der Waals surface area (Å²) in [5.41, 5.74) is 6.33. The second kappa shape index (κ2) is 15.7. The van der Waals surface area contributed by atoms with E-state index in [-0.39, 0.29) is 18.9 Å². The zero-order chi connectivity index (χ0) is 28.5. The number of hydrogen-bond donors (Lipinski definition) is 1. The largest absolute Gasteiger partial charge is 1.00 e. The monoisotopic (exact) mass is 578 g/mol. The molecule has 0 aliphatic carbocycles. The molecule has 0 saturated heterocycles. The first kappa shape index (κ1) is 32.4. The quantitative estimate of drug-likeness (QED) is 0.262. The van der Waals surface area contributed by atoms with Gasteiger partial charge in [0.05, 0.1) is 12.0 Å². The summed E-state index contributed by atoms with van der Waals surface area (Å²) in [4.78, 5) is 27.4. The number of hydrogen-bond acceptors (Lipinski definition) is 5. The number of carboxylic acid groups (broad SMARTS) is 1. The zero-order valence-corrected chi connectivity index (χ0v) is 25.2. The summed E-state index contributed by atoms with van der Waals surface area (Å²) in [6, 6.07) is 30.6. The minimum Gasteiger partial charge on any atom is -0.548 e. The number of carbonyl (C=O) groups excluding carboxylic acids is 2. The van der Waals surface area contributed by atoms with Gasteiger partial charge in [-0.15, -0.1) is 0 Å². The molecule has 0 spiro atoms. The van der Waals surface area contributed by atoms with Gasteiger partial charge < -0.3 is 20.1 Å². The first-order valence-corrected chi connectivity index (χ1v) is 14.9. The van der Waals surface area contributed by atoms with Crippen LogP contribution in [0.5, 0.6) is 0 Å². The summed E-state index contributed by atoms with van der Waals surface area (Å²) in [5.74, 6) is -1.11. The number of carbonyl (C=O) groups is 2. The van der Waals surface area contributed by atoms with E-state index in [9.17, 15) is 14.7 Å². The van der Waals surface area contributed by atoms with Crippen LogP contribution in [0, 0.1) is 6.92 Å². The Kier molecular flexibility index (Phi) is 12.4. The van der Waals surface area contributed by atoms with Gasteiger partial charge in [-0.2, -0.15) is 11.8 Å². The van der Waals surface area contributed by atoms with E-state index >= 15 is 0 Å². The van der Waals surface area contributed by atoms with Crippen LogP contribution in [-0.4, -0.2) is 29.9 Å². The molecule has 0 bridgehead atoms. The maximum absolute atomic E-state index is 13.4. The molecular formula is C33H32ClLiN2O3S. The van der Waals surface area contributed by atoms with Crippen molar-refractivity contribution in [3.63, 3.8) is 0 Å². The number of nitrogens with zero attached hydrogens (tertiary/aromatic N) is 1. The molecule has 0 saturated carbocycles. The molecule has 0 radical (unpaired) electrons. The van der Waals surface area contributed by atoms with Gasteiger partial charge in [0.2, 0.25) is 0 Å². The van der Waals surface area contributed by atoms with Crippen molar-refractivity contribution in [2.75, 3.05) is 16.9 Å². The fourth-order valence-electron chi connectivity index (χ4n) is 4.62. The number of benzene rings is 4. The molecule has 0 aromatic heterocycles. The molecule has 0 heterocycles. The minimum absolute atomic E-state index is 0. The van der Waals surface area contributed by atoms with E-state index < -0.39 is 17.9 Å². The molecule has 1 amide bonds. The Labute approximate surface area is 263 Å². The number of aliphatic carboxylic acids is 1. The van der Waals surface area contributed by atoms with Gasteiger partial charge in [0.25, 0.3) is 5.91 Å². The third-order valence-electron chi connectivity index (χ3n) is 6.75. The maximum Gasteiger partial charge on any atom is 1.00 e. The molecule has 4 rings (SSSR count). The van der Waals surface area contributed by atoms with Crippen molar-refractivity contribution in [3.8, 4) is 11.1 Å². The van der Waals surface area contributed by atoms with Crippen molar-refractivity contribution >= 4 is 40.9 Å². The van der Waals surface area contributed by atoms with E-state index in [1.54, 1.807) is 6.07 Å². The van der Waals surface area contributed by atoms with Crippen LogP contribution in [0.1, 0.15) is 33.5 Å². The number of carboxylic acids is 1. The molecular weight excluding hydrogens is 547 g/mol. The van der Waals surface area contributed by atoms with Crippen LogP contribution in [0.3, 0.4) is 0 Å². The molecule has 41 heavy (non-hydrogen) atoms. The number of nitrogens with one attached hydrogen (secondary N) is 1. The number of amides is 1. The third-order valence-corrected chi connectivity index (χ3v) is 7.64. The van der Waals surface area contributed by atoms with E-state index in [4.69, 9.17) is 11.6 Å². The third kappa shape index (κ3) is 8.92. The van der Waals surface area contributed by atoms with Crippen molar-refractivity contribution < 1.29 is 33.6 Å². The maximum atomic E-state index is 13.4. The predicted molar refractivity (Wildman–Crippen MR) is 164 cm³/mol. The molecule has 4 aromatic carbocycles. The number of thioether (sulfide) groups is 1. The van der Waals surface area contributed by atoms with Crippen molar-refractivity contribution in [1.82, 2.24) is 5.32 Å². The van der Waals surface area contributed by atoms with Gasteiger partial charge in [0.1, 0.15) is 0 Å². The van der Waals surface area contributed by atoms with Crippen LogP contribution in [0.2, 0.25) is 5.02 Å². The molecule has 1 N–H and O–H groups in total. The Hall–Kier alpha value is -3.14.